The predicted octanol–water partition coefficient (Wildman–Crippen LogP) is -0.158. The van der Waals surface area contributed by atoms with Gasteiger partial charge in [0.1, 0.15) is 0 Å². The highest BCUT2D eigenvalue weighted by atomic mass is 15.3. The fourth-order valence-corrected chi connectivity index (χ4v) is 2.18. The quantitative estimate of drug-likeness (QED) is 0.642. The minimum absolute atomic E-state index is 0.787. The average Bonchev–Trinajstić information content (AvgIpc) is 2.02. The van der Waals surface area contributed by atoms with Crippen molar-refractivity contribution in [3.63, 3.8) is 0 Å². The molecule has 3 nitrogen and oxygen atoms in total. The van der Waals surface area contributed by atoms with Gasteiger partial charge >= 0.3 is 0 Å². The van der Waals surface area contributed by atoms with Crippen LogP contribution in [0.5, 0.6) is 0 Å². The van der Waals surface area contributed by atoms with Crippen molar-refractivity contribution in [3.05, 3.63) is 0 Å². The van der Waals surface area contributed by atoms with Gasteiger partial charge in [-0.25, -0.2) is 0 Å². The third kappa shape index (κ3) is 2.03. The first-order chi connectivity index (χ1) is 6.27. The van der Waals surface area contributed by atoms with Crippen LogP contribution < -0.4 is 5.32 Å². The number of rotatable bonds is 2. The van der Waals surface area contributed by atoms with Crippen molar-refractivity contribution in [2.24, 2.45) is 5.92 Å². The topological polar surface area (TPSA) is 18.5 Å². The Kier molecular flexibility index (Phi) is 2.86. The molecular weight excluding hydrogens is 162 g/mol. The van der Waals surface area contributed by atoms with E-state index < -0.39 is 0 Å². The molecule has 0 aromatic carbocycles. The van der Waals surface area contributed by atoms with Crippen molar-refractivity contribution in [1.82, 2.24) is 15.1 Å². The Bertz CT molecular complexity index is 160. The molecule has 0 saturated carbocycles. The summed E-state index contributed by atoms with van der Waals surface area (Å²) in [5, 5.41) is 3.35. The van der Waals surface area contributed by atoms with Gasteiger partial charge in [-0.2, -0.15) is 0 Å². The van der Waals surface area contributed by atoms with E-state index in [1.54, 1.807) is 0 Å². The first-order valence-corrected chi connectivity index (χ1v) is 5.40. The zero-order valence-corrected chi connectivity index (χ0v) is 8.79. The molecule has 0 amide bonds. The largest absolute Gasteiger partial charge is 0.316 e. The van der Waals surface area contributed by atoms with Crippen LogP contribution in [0, 0.1) is 5.92 Å². The first kappa shape index (κ1) is 9.44. The minimum atomic E-state index is 0.787. The van der Waals surface area contributed by atoms with Crippen molar-refractivity contribution in [1.29, 1.82) is 0 Å². The van der Waals surface area contributed by atoms with Crippen LogP contribution in [0.2, 0.25) is 0 Å². The zero-order chi connectivity index (χ0) is 9.26. The molecule has 0 radical (unpaired) electrons. The van der Waals surface area contributed by atoms with E-state index in [9.17, 15) is 0 Å². The zero-order valence-electron chi connectivity index (χ0n) is 8.79. The van der Waals surface area contributed by atoms with E-state index in [1.165, 1.54) is 39.3 Å². The summed E-state index contributed by atoms with van der Waals surface area (Å²) in [6.45, 7) is 9.84. The maximum Gasteiger partial charge on any atom is 0.0121 e. The summed E-state index contributed by atoms with van der Waals surface area (Å²) in [6.07, 6.45) is 0. The Labute approximate surface area is 81.1 Å². The van der Waals surface area contributed by atoms with Gasteiger partial charge < -0.3 is 10.2 Å². The van der Waals surface area contributed by atoms with Gasteiger partial charge in [0, 0.05) is 45.3 Å². The molecule has 2 saturated heterocycles. The molecule has 0 spiro atoms. The molecule has 1 atom stereocenters. The molecule has 13 heavy (non-hydrogen) atoms. The van der Waals surface area contributed by atoms with Crippen LogP contribution in [-0.2, 0) is 0 Å². The van der Waals surface area contributed by atoms with E-state index in [4.69, 9.17) is 0 Å². The van der Waals surface area contributed by atoms with Crippen LogP contribution in [-0.4, -0.2) is 62.2 Å². The van der Waals surface area contributed by atoms with E-state index in [0.29, 0.717) is 0 Å². The van der Waals surface area contributed by atoms with Gasteiger partial charge in [-0.3, -0.25) is 4.90 Å². The molecule has 2 fully saturated rings. The highest BCUT2D eigenvalue weighted by Gasteiger charge is 2.29. The fraction of sp³-hybridized carbons (Fsp3) is 1.00. The maximum atomic E-state index is 3.35. The molecule has 2 heterocycles. The second-order valence-corrected chi connectivity index (χ2v) is 4.50. The summed E-state index contributed by atoms with van der Waals surface area (Å²) in [6, 6.07) is 0.787. The second-order valence-electron chi connectivity index (χ2n) is 4.50. The second kappa shape index (κ2) is 3.95. The summed E-state index contributed by atoms with van der Waals surface area (Å²) >= 11 is 0. The number of nitrogens with one attached hydrogen (secondary N) is 1. The summed E-state index contributed by atoms with van der Waals surface area (Å²) in [5.41, 5.74) is 0. The number of hydrogen-bond donors (Lipinski definition) is 1. The molecule has 0 bridgehead atoms. The molecule has 76 valence electrons. The van der Waals surface area contributed by atoms with Crippen molar-refractivity contribution < 1.29 is 0 Å². The molecule has 1 unspecified atom stereocenters. The lowest BCUT2D eigenvalue weighted by Crippen LogP contribution is -2.57. The van der Waals surface area contributed by atoms with E-state index in [2.05, 4.69) is 29.1 Å². The summed E-state index contributed by atoms with van der Waals surface area (Å²) in [4.78, 5) is 5.06. The van der Waals surface area contributed by atoms with Crippen molar-refractivity contribution in [2.75, 3.05) is 46.3 Å². The number of nitrogens with zero attached hydrogens (tertiary/aromatic N) is 2. The Morgan fingerprint density at radius 3 is 2.23 bits per heavy atom. The first-order valence-electron chi connectivity index (χ1n) is 5.40. The molecule has 0 aromatic heterocycles. The van der Waals surface area contributed by atoms with Crippen molar-refractivity contribution in [2.45, 2.75) is 13.0 Å². The van der Waals surface area contributed by atoms with Gasteiger partial charge in [-0.15, -0.1) is 0 Å². The van der Waals surface area contributed by atoms with Gasteiger partial charge in [0.25, 0.3) is 0 Å². The average molecular weight is 183 g/mol. The third-order valence-electron chi connectivity index (χ3n) is 3.61. The lowest BCUT2D eigenvalue weighted by molar-refractivity contribution is 0.0724. The summed E-state index contributed by atoms with van der Waals surface area (Å²) in [7, 11) is 2.22. The van der Waals surface area contributed by atoms with E-state index in [0.717, 1.165) is 12.0 Å². The van der Waals surface area contributed by atoms with E-state index in [-0.39, 0.29) is 0 Å². The van der Waals surface area contributed by atoms with Crippen LogP contribution in [0.1, 0.15) is 6.92 Å². The fourth-order valence-electron chi connectivity index (χ4n) is 2.18. The van der Waals surface area contributed by atoms with Gasteiger partial charge in [-0.05, 0) is 19.9 Å². The molecule has 2 aliphatic rings. The van der Waals surface area contributed by atoms with Crippen molar-refractivity contribution in [3.8, 4) is 0 Å². The number of hydrogen-bond acceptors (Lipinski definition) is 3. The SMILES string of the molecule is CC(C1CNC1)N1CCN(C)CC1. The van der Waals surface area contributed by atoms with Gasteiger partial charge in [-0.1, -0.05) is 0 Å². The summed E-state index contributed by atoms with van der Waals surface area (Å²) < 4.78 is 0. The number of piperazine rings is 1. The molecular formula is C10H21N3. The van der Waals surface area contributed by atoms with Crippen LogP contribution >= 0.6 is 0 Å². The van der Waals surface area contributed by atoms with E-state index in [1.807, 2.05) is 0 Å². The summed E-state index contributed by atoms with van der Waals surface area (Å²) in [5.74, 6) is 0.906. The predicted molar refractivity (Wildman–Crippen MR) is 54.9 cm³/mol. The minimum Gasteiger partial charge on any atom is -0.316 e. The highest BCUT2D eigenvalue weighted by molar-refractivity contribution is 4.86. The maximum absolute atomic E-state index is 3.35. The Morgan fingerprint density at radius 1 is 1.15 bits per heavy atom. The third-order valence-corrected chi connectivity index (χ3v) is 3.61. The highest BCUT2D eigenvalue weighted by Crippen LogP contribution is 2.16. The Balaban J connectivity index is 1.79. The van der Waals surface area contributed by atoms with Gasteiger partial charge in [0.05, 0.1) is 0 Å². The van der Waals surface area contributed by atoms with Crippen molar-refractivity contribution >= 4 is 0 Å². The standard InChI is InChI=1S/C10H21N3/c1-9(10-7-11-8-10)13-5-3-12(2)4-6-13/h9-11H,3-8H2,1-2H3. The number of likely N-dealkylation sites (N-methyl/N-ethyl adjacent to an activating group) is 1. The Morgan fingerprint density at radius 2 is 1.77 bits per heavy atom. The van der Waals surface area contributed by atoms with Gasteiger partial charge in [0.15, 0.2) is 0 Å². The van der Waals surface area contributed by atoms with Gasteiger partial charge in [0.2, 0.25) is 0 Å². The Hall–Kier alpha value is -0.120. The smallest absolute Gasteiger partial charge is 0.0121 e. The molecule has 2 rings (SSSR count). The molecule has 3 heteroatoms. The molecule has 0 aromatic rings. The van der Waals surface area contributed by atoms with Crippen LogP contribution in [0.25, 0.3) is 0 Å². The molecule has 0 aliphatic carbocycles. The van der Waals surface area contributed by atoms with Crippen LogP contribution in [0.4, 0.5) is 0 Å². The lowest BCUT2D eigenvalue weighted by Gasteiger charge is -2.43. The lowest BCUT2D eigenvalue weighted by atomic mass is 9.93. The monoisotopic (exact) mass is 183 g/mol. The molecule has 2 aliphatic heterocycles. The van der Waals surface area contributed by atoms with Crippen LogP contribution in [0.3, 0.4) is 0 Å². The van der Waals surface area contributed by atoms with E-state index >= 15 is 0 Å². The van der Waals surface area contributed by atoms with Crippen LogP contribution in [0.15, 0.2) is 0 Å². The normalized spacial score (nSPS) is 30.0. The molecule has 1 N–H and O–H groups in total.